The second kappa shape index (κ2) is 6.69. The highest BCUT2D eigenvalue weighted by Crippen LogP contribution is 2.11. The summed E-state index contributed by atoms with van der Waals surface area (Å²) in [5.41, 5.74) is 2.19. The van der Waals surface area contributed by atoms with Gasteiger partial charge in [0.15, 0.2) is 5.78 Å². The molecule has 0 N–H and O–H groups in total. The molecule has 2 rings (SSSR count). The highest BCUT2D eigenvalue weighted by molar-refractivity contribution is 5.95. The minimum Gasteiger partial charge on any atom is -0.303 e. The monoisotopic (exact) mass is 245 g/mol. The van der Waals surface area contributed by atoms with Gasteiger partial charge in [-0.1, -0.05) is 37.6 Å². The number of ketones is 1. The zero-order valence-corrected chi connectivity index (χ0v) is 11.3. The zero-order chi connectivity index (χ0) is 12.8. The van der Waals surface area contributed by atoms with E-state index in [-0.39, 0.29) is 5.78 Å². The highest BCUT2D eigenvalue weighted by Gasteiger charge is 2.09. The zero-order valence-electron chi connectivity index (χ0n) is 11.3. The topological polar surface area (TPSA) is 20.3 Å². The smallest absolute Gasteiger partial charge is 0.162 e. The van der Waals surface area contributed by atoms with Crippen LogP contribution in [-0.2, 0) is 6.42 Å². The van der Waals surface area contributed by atoms with E-state index in [2.05, 4.69) is 17.0 Å². The van der Waals surface area contributed by atoms with Crippen LogP contribution in [0.1, 0.15) is 48.5 Å². The molecule has 1 heterocycles. The summed E-state index contributed by atoms with van der Waals surface area (Å²) in [5.74, 6) is 0.234. The van der Waals surface area contributed by atoms with Gasteiger partial charge < -0.3 is 4.90 Å². The Morgan fingerprint density at radius 2 is 1.78 bits per heavy atom. The molecule has 0 amide bonds. The molecule has 0 bridgehead atoms. The van der Waals surface area contributed by atoms with E-state index in [9.17, 15) is 4.79 Å². The normalized spacial score (nSPS) is 16.7. The van der Waals surface area contributed by atoms with Crippen LogP contribution in [0.2, 0.25) is 0 Å². The molecule has 1 aromatic rings. The quantitative estimate of drug-likeness (QED) is 0.742. The number of carbonyl (C=O) groups excluding carboxylic acids is 1. The van der Waals surface area contributed by atoms with Crippen molar-refractivity contribution in [3.05, 3.63) is 35.4 Å². The minimum atomic E-state index is 0.234. The van der Waals surface area contributed by atoms with Gasteiger partial charge in [0.2, 0.25) is 0 Å². The molecule has 18 heavy (non-hydrogen) atoms. The third kappa shape index (κ3) is 3.67. The Morgan fingerprint density at radius 1 is 1.11 bits per heavy atom. The third-order valence-corrected chi connectivity index (χ3v) is 3.76. The Bertz CT molecular complexity index is 377. The first-order valence-corrected chi connectivity index (χ1v) is 7.14. The largest absolute Gasteiger partial charge is 0.303 e. The lowest BCUT2D eigenvalue weighted by atomic mass is 10.0. The van der Waals surface area contributed by atoms with Gasteiger partial charge in [-0.05, 0) is 37.9 Å². The van der Waals surface area contributed by atoms with Crippen molar-refractivity contribution in [3.8, 4) is 0 Å². The van der Waals surface area contributed by atoms with E-state index < -0.39 is 0 Å². The van der Waals surface area contributed by atoms with Gasteiger partial charge in [-0.3, -0.25) is 4.79 Å². The van der Waals surface area contributed by atoms with E-state index in [0.29, 0.717) is 6.42 Å². The number of carbonyl (C=O) groups is 1. The molecule has 0 aromatic heterocycles. The first-order valence-electron chi connectivity index (χ1n) is 7.14. The first-order chi connectivity index (χ1) is 8.79. The molecule has 0 saturated carbocycles. The van der Waals surface area contributed by atoms with E-state index in [4.69, 9.17) is 0 Å². The van der Waals surface area contributed by atoms with Gasteiger partial charge >= 0.3 is 0 Å². The second-order valence-electron chi connectivity index (χ2n) is 5.13. The number of Topliss-reactive ketones (excluding diaryl/α,β-unsaturated/α-hetero) is 1. The summed E-state index contributed by atoms with van der Waals surface area (Å²) in [6, 6.07) is 8.15. The Balaban J connectivity index is 1.84. The van der Waals surface area contributed by atoms with Crippen LogP contribution in [0, 0.1) is 0 Å². The average molecular weight is 245 g/mol. The molecule has 2 heteroatoms. The van der Waals surface area contributed by atoms with Crippen molar-refractivity contribution >= 4 is 5.78 Å². The van der Waals surface area contributed by atoms with Gasteiger partial charge in [-0.2, -0.15) is 0 Å². The lowest BCUT2D eigenvalue weighted by Crippen LogP contribution is -2.31. The van der Waals surface area contributed by atoms with Crippen LogP contribution in [0.3, 0.4) is 0 Å². The number of nitrogens with zero attached hydrogens (tertiary/aromatic N) is 1. The predicted molar refractivity (Wildman–Crippen MR) is 75.1 cm³/mol. The fourth-order valence-corrected chi connectivity index (χ4v) is 2.53. The standard InChI is InChI=1S/C16H23NO/c1-2-16(18)15-8-6-14(7-9-15)10-13-17-11-4-3-5-12-17/h6-9H,2-5,10-13H2,1H3. The van der Waals surface area contributed by atoms with Gasteiger partial charge in [-0.15, -0.1) is 0 Å². The summed E-state index contributed by atoms with van der Waals surface area (Å²) in [4.78, 5) is 14.1. The molecule has 1 aliphatic heterocycles. The summed E-state index contributed by atoms with van der Waals surface area (Å²) < 4.78 is 0. The molecule has 1 aromatic carbocycles. The maximum absolute atomic E-state index is 11.5. The van der Waals surface area contributed by atoms with Crippen molar-refractivity contribution in [2.75, 3.05) is 19.6 Å². The van der Waals surface area contributed by atoms with Crippen LogP contribution in [0.25, 0.3) is 0 Å². The Hall–Kier alpha value is -1.15. The fourth-order valence-electron chi connectivity index (χ4n) is 2.53. The third-order valence-electron chi connectivity index (χ3n) is 3.76. The molecule has 1 aliphatic rings. The molecule has 0 radical (unpaired) electrons. The van der Waals surface area contributed by atoms with Crippen LogP contribution in [0.5, 0.6) is 0 Å². The number of hydrogen-bond donors (Lipinski definition) is 0. The van der Waals surface area contributed by atoms with Gasteiger partial charge in [-0.25, -0.2) is 0 Å². The lowest BCUT2D eigenvalue weighted by Gasteiger charge is -2.26. The van der Waals surface area contributed by atoms with Crippen molar-refractivity contribution in [2.45, 2.75) is 39.0 Å². The summed E-state index contributed by atoms with van der Waals surface area (Å²) in [6.07, 6.45) is 5.78. The number of hydrogen-bond acceptors (Lipinski definition) is 2. The summed E-state index contributed by atoms with van der Waals surface area (Å²) in [7, 11) is 0. The van der Waals surface area contributed by atoms with E-state index in [1.165, 1.54) is 37.9 Å². The van der Waals surface area contributed by atoms with Crippen molar-refractivity contribution in [1.29, 1.82) is 0 Å². The lowest BCUT2D eigenvalue weighted by molar-refractivity contribution is 0.0988. The molecule has 1 fully saturated rings. The van der Waals surface area contributed by atoms with Crippen LogP contribution in [0.15, 0.2) is 24.3 Å². The summed E-state index contributed by atoms with van der Waals surface area (Å²) in [6.45, 7) is 5.58. The van der Waals surface area contributed by atoms with Crippen molar-refractivity contribution in [2.24, 2.45) is 0 Å². The van der Waals surface area contributed by atoms with Crippen molar-refractivity contribution in [3.63, 3.8) is 0 Å². The first kappa shape index (κ1) is 13.3. The summed E-state index contributed by atoms with van der Waals surface area (Å²) in [5, 5.41) is 0. The SMILES string of the molecule is CCC(=O)c1ccc(CCN2CCCCC2)cc1. The molecule has 2 nitrogen and oxygen atoms in total. The van der Waals surface area contributed by atoms with E-state index in [0.717, 1.165) is 18.5 Å². The fraction of sp³-hybridized carbons (Fsp3) is 0.562. The number of rotatable bonds is 5. The summed E-state index contributed by atoms with van der Waals surface area (Å²) >= 11 is 0. The predicted octanol–water partition coefficient (Wildman–Crippen LogP) is 3.31. The van der Waals surface area contributed by atoms with Gasteiger partial charge in [0.05, 0.1) is 0 Å². The number of likely N-dealkylation sites (tertiary alicyclic amines) is 1. The minimum absolute atomic E-state index is 0.234. The Labute approximate surface area is 110 Å². The van der Waals surface area contributed by atoms with Crippen molar-refractivity contribution in [1.82, 2.24) is 4.90 Å². The van der Waals surface area contributed by atoms with Crippen molar-refractivity contribution < 1.29 is 4.79 Å². The maximum atomic E-state index is 11.5. The maximum Gasteiger partial charge on any atom is 0.162 e. The van der Waals surface area contributed by atoms with Gasteiger partial charge in [0.1, 0.15) is 0 Å². The second-order valence-corrected chi connectivity index (χ2v) is 5.13. The average Bonchev–Trinajstić information content (AvgIpc) is 2.46. The van der Waals surface area contributed by atoms with Crippen LogP contribution < -0.4 is 0 Å². The number of benzene rings is 1. The van der Waals surface area contributed by atoms with Gasteiger partial charge in [0, 0.05) is 18.5 Å². The molecular formula is C16H23NO. The van der Waals surface area contributed by atoms with E-state index >= 15 is 0 Å². The molecule has 0 unspecified atom stereocenters. The van der Waals surface area contributed by atoms with E-state index in [1.54, 1.807) is 0 Å². The van der Waals surface area contributed by atoms with E-state index in [1.807, 2.05) is 19.1 Å². The molecule has 0 spiro atoms. The van der Waals surface area contributed by atoms with Crippen LogP contribution in [-0.4, -0.2) is 30.3 Å². The molecule has 98 valence electrons. The van der Waals surface area contributed by atoms with Crippen LogP contribution in [0.4, 0.5) is 0 Å². The molecule has 0 aliphatic carbocycles. The van der Waals surface area contributed by atoms with Gasteiger partial charge in [0.25, 0.3) is 0 Å². The highest BCUT2D eigenvalue weighted by atomic mass is 16.1. The molecule has 0 atom stereocenters. The Kier molecular flexibility index (Phi) is 4.94. The Morgan fingerprint density at radius 3 is 2.39 bits per heavy atom. The van der Waals surface area contributed by atoms with Crippen LogP contribution >= 0.6 is 0 Å². The number of piperidine rings is 1. The molecular weight excluding hydrogens is 222 g/mol. The molecule has 1 saturated heterocycles.